The van der Waals surface area contributed by atoms with Crippen LogP contribution in [0.2, 0.25) is 0 Å². The number of rotatable bonds is 9. The number of hydrogen-bond donors (Lipinski definition) is 2. The van der Waals surface area contributed by atoms with Crippen molar-refractivity contribution >= 4 is 38.9 Å². The second-order valence-corrected chi connectivity index (χ2v) is 9.86. The molecule has 0 radical (unpaired) electrons. The number of nitrogens with zero attached hydrogens (tertiary/aromatic N) is 2. The first-order valence-corrected chi connectivity index (χ1v) is 12.5. The lowest BCUT2D eigenvalue weighted by atomic mass is 10.1. The summed E-state index contributed by atoms with van der Waals surface area (Å²) in [5.41, 5.74) is 5.21. The highest BCUT2D eigenvalue weighted by molar-refractivity contribution is 7.92. The predicted molar refractivity (Wildman–Crippen MR) is 140 cm³/mol. The minimum Gasteiger partial charge on any atom is -0.495 e. The van der Waals surface area contributed by atoms with Crippen LogP contribution in [0, 0.1) is 6.92 Å². The van der Waals surface area contributed by atoms with Crippen LogP contribution in [0.3, 0.4) is 0 Å². The van der Waals surface area contributed by atoms with Crippen LogP contribution in [-0.2, 0) is 19.6 Å². The van der Waals surface area contributed by atoms with E-state index >= 15 is 0 Å². The molecule has 0 heterocycles. The van der Waals surface area contributed by atoms with Crippen LogP contribution in [0.25, 0.3) is 0 Å². The van der Waals surface area contributed by atoms with Crippen molar-refractivity contribution < 1.29 is 22.7 Å². The smallest absolute Gasteiger partial charge is 0.264 e. The molecule has 3 aromatic rings. The lowest BCUT2D eigenvalue weighted by molar-refractivity contribution is -0.119. The summed E-state index contributed by atoms with van der Waals surface area (Å²) in [7, 11) is -2.67. The van der Waals surface area contributed by atoms with Crippen molar-refractivity contribution in [3.8, 4) is 5.75 Å². The van der Waals surface area contributed by atoms with Gasteiger partial charge >= 0.3 is 0 Å². The average molecular weight is 509 g/mol. The molecule has 0 spiro atoms. The van der Waals surface area contributed by atoms with Gasteiger partial charge in [0.15, 0.2) is 0 Å². The number of amides is 2. The second kappa shape index (κ2) is 11.5. The fourth-order valence-corrected chi connectivity index (χ4v) is 4.86. The molecule has 9 nitrogen and oxygen atoms in total. The summed E-state index contributed by atoms with van der Waals surface area (Å²) in [6, 6.07) is 19.9. The highest BCUT2D eigenvalue weighted by Gasteiger charge is 2.29. The average Bonchev–Trinajstić information content (AvgIpc) is 2.86. The molecule has 0 aliphatic heterocycles. The van der Waals surface area contributed by atoms with E-state index in [2.05, 4.69) is 15.8 Å². The molecule has 0 aliphatic carbocycles. The van der Waals surface area contributed by atoms with E-state index in [1.807, 2.05) is 6.92 Å². The Bertz CT molecular complexity index is 1390. The molecule has 3 rings (SSSR count). The summed E-state index contributed by atoms with van der Waals surface area (Å²) in [4.78, 5) is 24.3. The van der Waals surface area contributed by atoms with E-state index < -0.39 is 22.5 Å². The van der Waals surface area contributed by atoms with Gasteiger partial charge in [0, 0.05) is 12.6 Å². The predicted octanol–water partition coefficient (Wildman–Crippen LogP) is 3.70. The molecule has 2 N–H and O–H groups in total. The van der Waals surface area contributed by atoms with Gasteiger partial charge in [0.25, 0.3) is 15.9 Å². The normalized spacial score (nSPS) is 11.5. The van der Waals surface area contributed by atoms with E-state index in [1.54, 1.807) is 67.6 Å². The molecule has 2 amide bonds. The van der Waals surface area contributed by atoms with E-state index in [4.69, 9.17) is 4.74 Å². The Morgan fingerprint density at radius 1 is 0.972 bits per heavy atom. The van der Waals surface area contributed by atoms with Gasteiger partial charge in [-0.1, -0.05) is 36.4 Å². The molecule has 0 bridgehead atoms. The minimum atomic E-state index is -4.10. The van der Waals surface area contributed by atoms with Gasteiger partial charge in [0.1, 0.15) is 12.3 Å². The summed E-state index contributed by atoms with van der Waals surface area (Å²) in [5, 5.41) is 6.82. The second-order valence-electron chi connectivity index (χ2n) is 7.99. The first kappa shape index (κ1) is 26.4. The van der Waals surface area contributed by atoms with Crippen molar-refractivity contribution in [2.24, 2.45) is 5.10 Å². The Hall–Kier alpha value is -4.18. The highest BCUT2D eigenvalue weighted by Crippen LogP contribution is 2.33. The van der Waals surface area contributed by atoms with E-state index in [-0.39, 0.29) is 16.5 Å². The number of sulfonamides is 1. The fourth-order valence-electron chi connectivity index (χ4n) is 3.42. The molecule has 10 heteroatoms. The zero-order valence-electron chi connectivity index (χ0n) is 20.5. The van der Waals surface area contributed by atoms with E-state index in [1.165, 1.54) is 26.2 Å². The third-order valence-corrected chi connectivity index (χ3v) is 6.94. The number of carbonyl (C=O) groups is 2. The third-order valence-electron chi connectivity index (χ3n) is 5.17. The summed E-state index contributed by atoms with van der Waals surface area (Å²) >= 11 is 0. The summed E-state index contributed by atoms with van der Waals surface area (Å²) in [6.07, 6.45) is 0. The first-order chi connectivity index (χ1) is 17.1. The Kier molecular flexibility index (Phi) is 8.44. The van der Waals surface area contributed by atoms with Crippen LogP contribution in [0.4, 0.5) is 11.4 Å². The monoisotopic (exact) mass is 508 g/mol. The van der Waals surface area contributed by atoms with Crippen LogP contribution < -0.4 is 19.8 Å². The van der Waals surface area contributed by atoms with Gasteiger partial charge in [-0.3, -0.25) is 13.9 Å². The number of aryl methyl sites for hydroxylation is 1. The maximum absolute atomic E-state index is 13.6. The largest absolute Gasteiger partial charge is 0.495 e. The van der Waals surface area contributed by atoms with Gasteiger partial charge in [0.2, 0.25) is 5.91 Å². The fraction of sp³-hybridized carbons (Fsp3) is 0.192. The summed E-state index contributed by atoms with van der Waals surface area (Å²) < 4.78 is 33.5. The molecule has 0 unspecified atom stereocenters. The van der Waals surface area contributed by atoms with E-state index in [0.29, 0.717) is 22.7 Å². The lowest BCUT2D eigenvalue weighted by Crippen LogP contribution is -2.40. The van der Waals surface area contributed by atoms with Gasteiger partial charge < -0.3 is 10.1 Å². The van der Waals surface area contributed by atoms with Crippen molar-refractivity contribution in [1.29, 1.82) is 0 Å². The quantitative estimate of drug-likeness (QED) is 0.338. The lowest BCUT2D eigenvalue weighted by Gasteiger charge is -2.25. The zero-order chi connectivity index (χ0) is 26.3. The summed E-state index contributed by atoms with van der Waals surface area (Å²) in [5.74, 6) is -0.542. The Morgan fingerprint density at radius 3 is 2.36 bits per heavy atom. The SMILES string of the molecule is COc1ccc(C)cc1N(CC(=O)N/N=C(/C)c1cccc(NC(C)=O)c1)S(=O)(=O)c1ccccc1. The van der Waals surface area contributed by atoms with E-state index in [0.717, 1.165) is 9.87 Å². The number of hydrazone groups is 1. The Labute approximate surface area is 210 Å². The number of methoxy groups -OCH3 is 1. The molecule has 188 valence electrons. The number of benzene rings is 3. The number of hydrogen-bond acceptors (Lipinski definition) is 6. The minimum absolute atomic E-state index is 0.0378. The number of anilines is 2. The van der Waals surface area contributed by atoms with Crippen molar-refractivity contribution in [3.63, 3.8) is 0 Å². The van der Waals surface area contributed by atoms with Crippen molar-refractivity contribution in [3.05, 3.63) is 83.9 Å². The van der Waals surface area contributed by atoms with Gasteiger partial charge in [-0.05, 0) is 61.4 Å². The molecule has 0 fully saturated rings. The van der Waals surface area contributed by atoms with Crippen LogP contribution in [0.15, 0.2) is 82.8 Å². The number of carbonyl (C=O) groups excluding carboxylic acids is 2. The first-order valence-electron chi connectivity index (χ1n) is 11.1. The van der Waals surface area contributed by atoms with Crippen LogP contribution in [0.5, 0.6) is 5.75 Å². The Morgan fingerprint density at radius 2 is 1.69 bits per heavy atom. The highest BCUT2D eigenvalue weighted by atomic mass is 32.2. The maximum Gasteiger partial charge on any atom is 0.264 e. The maximum atomic E-state index is 13.6. The molecule has 0 atom stereocenters. The van der Waals surface area contributed by atoms with Crippen LogP contribution >= 0.6 is 0 Å². The molecular formula is C26H28N4O5S. The van der Waals surface area contributed by atoms with Crippen LogP contribution in [0.1, 0.15) is 25.0 Å². The summed E-state index contributed by atoms with van der Waals surface area (Å²) in [6.45, 7) is 4.39. The number of nitrogens with one attached hydrogen (secondary N) is 2. The molecule has 0 saturated heterocycles. The molecule has 0 aromatic heterocycles. The molecule has 0 saturated carbocycles. The number of ether oxygens (including phenoxy) is 1. The molecule has 3 aromatic carbocycles. The molecule has 36 heavy (non-hydrogen) atoms. The standard InChI is InChI=1S/C26H28N4O5S/c1-18-13-14-25(35-4)24(15-18)30(36(33,34)23-11-6-5-7-12-23)17-26(32)29-28-19(2)21-9-8-10-22(16-21)27-20(3)31/h5-16H,17H2,1-4H3,(H,27,31)(H,29,32)/b28-19-. The molecular weight excluding hydrogens is 480 g/mol. The van der Waals surface area contributed by atoms with Gasteiger partial charge in [0.05, 0.1) is 23.4 Å². The zero-order valence-corrected chi connectivity index (χ0v) is 21.3. The third kappa shape index (κ3) is 6.48. The van der Waals surface area contributed by atoms with Crippen LogP contribution in [-0.4, -0.2) is 39.6 Å². The van der Waals surface area contributed by atoms with Crippen molar-refractivity contribution in [2.45, 2.75) is 25.7 Å². The van der Waals surface area contributed by atoms with Gasteiger partial charge in [-0.25, -0.2) is 13.8 Å². The van der Waals surface area contributed by atoms with Crippen molar-refractivity contribution in [1.82, 2.24) is 5.43 Å². The topological polar surface area (TPSA) is 117 Å². The van der Waals surface area contributed by atoms with Crippen molar-refractivity contribution in [2.75, 3.05) is 23.3 Å². The molecule has 0 aliphatic rings. The van der Waals surface area contributed by atoms with E-state index in [9.17, 15) is 18.0 Å². The van der Waals surface area contributed by atoms with Gasteiger partial charge in [-0.2, -0.15) is 5.10 Å². The van der Waals surface area contributed by atoms with Gasteiger partial charge in [-0.15, -0.1) is 0 Å². The Balaban J connectivity index is 1.90.